The molecule has 122 valence electrons. The van der Waals surface area contributed by atoms with Crippen molar-refractivity contribution in [3.05, 3.63) is 30.6 Å². The Balaban J connectivity index is 1.55. The first-order chi connectivity index (χ1) is 11.4. The zero-order valence-corrected chi connectivity index (χ0v) is 14.0. The molecule has 0 spiro atoms. The van der Waals surface area contributed by atoms with E-state index in [1.165, 1.54) is 17.9 Å². The number of hydrogen-bond acceptors (Lipinski definition) is 6. The van der Waals surface area contributed by atoms with E-state index < -0.39 is 0 Å². The SMILES string of the molecule is c1ccc2c(NC[C@]3(N4CCOCC4)CCSC3)ncnc2c1. The molecule has 0 unspecified atom stereocenters. The number of morpholine rings is 1. The summed E-state index contributed by atoms with van der Waals surface area (Å²) >= 11 is 2.06. The van der Waals surface area contributed by atoms with Gasteiger partial charge in [-0.3, -0.25) is 4.90 Å². The molecule has 4 rings (SSSR count). The molecule has 0 radical (unpaired) electrons. The minimum absolute atomic E-state index is 0.223. The highest BCUT2D eigenvalue weighted by atomic mass is 32.2. The zero-order valence-electron chi connectivity index (χ0n) is 13.2. The molecule has 2 aliphatic heterocycles. The molecule has 2 aliphatic rings. The minimum Gasteiger partial charge on any atom is -0.379 e. The minimum atomic E-state index is 0.223. The Bertz CT molecular complexity index is 663. The zero-order chi connectivity index (χ0) is 15.5. The van der Waals surface area contributed by atoms with E-state index in [1.54, 1.807) is 6.33 Å². The third-order valence-electron chi connectivity index (χ3n) is 4.89. The van der Waals surface area contributed by atoms with Crippen LogP contribution in [0.15, 0.2) is 30.6 Å². The van der Waals surface area contributed by atoms with Gasteiger partial charge in [-0.25, -0.2) is 9.97 Å². The average molecular weight is 330 g/mol. The van der Waals surface area contributed by atoms with Crippen LogP contribution in [-0.4, -0.2) is 64.8 Å². The molecular formula is C17H22N4OS. The number of thioether (sulfide) groups is 1. The second-order valence-electron chi connectivity index (χ2n) is 6.22. The van der Waals surface area contributed by atoms with Crippen LogP contribution in [0, 0.1) is 0 Å². The summed E-state index contributed by atoms with van der Waals surface area (Å²) in [6.45, 7) is 4.70. The van der Waals surface area contributed by atoms with Crippen molar-refractivity contribution in [3.63, 3.8) is 0 Å². The van der Waals surface area contributed by atoms with Crippen LogP contribution < -0.4 is 5.32 Å². The van der Waals surface area contributed by atoms with E-state index in [4.69, 9.17) is 4.74 Å². The molecule has 1 N–H and O–H groups in total. The van der Waals surface area contributed by atoms with Gasteiger partial charge in [0, 0.05) is 36.3 Å². The molecule has 1 aromatic heterocycles. The Kier molecular flexibility index (Phi) is 4.37. The van der Waals surface area contributed by atoms with E-state index in [-0.39, 0.29) is 5.54 Å². The van der Waals surface area contributed by atoms with Crippen LogP contribution in [0.5, 0.6) is 0 Å². The Labute approximate surface area is 140 Å². The molecule has 0 bridgehead atoms. The monoisotopic (exact) mass is 330 g/mol. The number of rotatable bonds is 4. The molecule has 1 atom stereocenters. The number of anilines is 1. The maximum atomic E-state index is 5.54. The summed E-state index contributed by atoms with van der Waals surface area (Å²) < 4.78 is 5.54. The van der Waals surface area contributed by atoms with E-state index in [2.05, 4.69) is 38.0 Å². The van der Waals surface area contributed by atoms with Crippen LogP contribution in [-0.2, 0) is 4.74 Å². The smallest absolute Gasteiger partial charge is 0.137 e. The number of ether oxygens (including phenoxy) is 1. The van der Waals surface area contributed by atoms with Gasteiger partial charge in [0.1, 0.15) is 12.1 Å². The van der Waals surface area contributed by atoms with Gasteiger partial charge < -0.3 is 10.1 Å². The van der Waals surface area contributed by atoms with Crippen molar-refractivity contribution in [3.8, 4) is 0 Å². The lowest BCUT2D eigenvalue weighted by Gasteiger charge is -2.43. The van der Waals surface area contributed by atoms with E-state index in [0.717, 1.165) is 49.6 Å². The highest BCUT2D eigenvalue weighted by Crippen LogP contribution is 2.34. The molecule has 2 fully saturated rings. The van der Waals surface area contributed by atoms with Crippen LogP contribution in [0.2, 0.25) is 0 Å². The molecule has 0 aliphatic carbocycles. The Morgan fingerprint density at radius 1 is 1.22 bits per heavy atom. The number of hydrogen-bond donors (Lipinski definition) is 1. The Hall–Kier alpha value is -1.37. The number of para-hydroxylation sites is 1. The summed E-state index contributed by atoms with van der Waals surface area (Å²) in [4.78, 5) is 11.4. The van der Waals surface area contributed by atoms with Gasteiger partial charge in [0.25, 0.3) is 0 Å². The van der Waals surface area contributed by atoms with Crippen molar-refractivity contribution in [2.24, 2.45) is 0 Å². The summed E-state index contributed by atoms with van der Waals surface area (Å²) in [5.41, 5.74) is 1.21. The normalized spacial score (nSPS) is 25.7. The number of fused-ring (bicyclic) bond motifs is 1. The predicted molar refractivity (Wildman–Crippen MR) is 95.1 cm³/mol. The Morgan fingerprint density at radius 3 is 2.91 bits per heavy atom. The summed E-state index contributed by atoms with van der Waals surface area (Å²) in [5, 5.41) is 4.72. The van der Waals surface area contributed by atoms with Crippen molar-refractivity contribution < 1.29 is 4.74 Å². The Morgan fingerprint density at radius 2 is 2.09 bits per heavy atom. The van der Waals surface area contributed by atoms with Gasteiger partial charge in [-0.15, -0.1) is 0 Å². The van der Waals surface area contributed by atoms with E-state index in [0.29, 0.717) is 0 Å². The number of nitrogens with zero attached hydrogens (tertiary/aromatic N) is 3. The summed E-state index contributed by atoms with van der Waals surface area (Å²) in [6, 6.07) is 8.18. The van der Waals surface area contributed by atoms with Crippen molar-refractivity contribution in [1.82, 2.24) is 14.9 Å². The molecule has 2 saturated heterocycles. The van der Waals surface area contributed by atoms with Gasteiger partial charge in [-0.2, -0.15) is 11.8 Å². The van der Waals surface area contributed by atoms with E-state index in [9.17, 15) is 0 Å². The van der Waals surface area contributed by atoms with E-state index in [1.807, 2.05) is 18.2 Å². The lowest BCUT2D eigenvalue weighted by atomic mass is 9.95. The van der Waals surface area contributed by atoms with Crippen molar-refractivity contribution in [2.75, 3.05) is 49.7 Å². The molecule has 1 aromatic carbocycles. The molecule has 2 aromatic rings. The van der Waals surface area contributed by atoms with Gasteiger partial charge in [0.15, 0.2) is 0 Å². The molecule has 0 amide bonds. The predicted octanol–water partition coefficient (Wildman–Crippen LogP) is 2.25. The third-order valence-corrected chi connectivity index (χ3v) is 6.13. The molecule has 0 saturated carbocycles. The second kappa shape index (κ2) is 6.63. The van der Waals surface area contributed by atoms with Crippen molar-refractivity contribution in [2.45, 2.75) is 12.0 Å². The fourth-order valence-corrected chi connectivity index (χ4v) is 5.01. The first-order valence-electron chi connectivity index (χ1n) is 8.22. The highest BCUT2D eigenvalue weighted by Gasteiger charge is 2.40. The summed E-state index contributed by atoms with van der Waals surface area (Å²) in [6.07, 6.45) is 2.88. The number of benzene rings is 1. The molecule has 23 heavy (non-hydrogen) atoms. The van der Waals surface area contributed by atoms with Crippen LogP contribution in [0.3, 0.4) is 0 Å². The van der Waals surface area contributed by atoms with Gasteiger partial charge in [-0.05, 0) is 24.3 Å². The average Bonchev–Trinajstić information content (AvgIpc) is 3.11. The lowest BCUT2D eigenvalue weighted by molar-refractivity contribution is -0.00921. The van der Waals surface area contributed by atoms with Crippen molar-refractivity contribution >= 4 is 28.5 Å². The quantitative estimate of drug-likeness (QED) is 0.928. The van der Waals surface area contributed by atoms with Gasteiger partial charge >= 0.3 is 0 Å². The van der Waals surface area contributed by atoms with Crippen LogP contribution in [0.4, 0.5) is 5.82 Å². The fraction of sp³-hybridized carbons (Fsp3) is 0.529. The molecule has 3 heterocycles. The first-order valence-corrected chi connectivity index (χ1v) is 9.37. The largest absolute Gasteiger partial charge is 0.379 e. The van der Waals surface area contributed by atoms with Gasteiger partial charge in [0.05, 0.1) is 18.7 Å². The van der Waals surface area contributed by atoms with Gasteiger partial charge in [-0.1, -0.05) is 12.1 Å². The molecule has 6 heteroatoms. The topological polar surface area (TPSA) is 50.3 Å². The maximum Gasteiger partial charge on any atom is 0.137 e. The second-order valence-corrected chi connectivity index (χ2v) is 7.32. The highest BCUT2D eigenvalue weighted by molar-refractivity contribution is 7.99. The maximum absolute atomic E-state index is 5.54. The number of nitrogens with one attached hydrogen (secondary N) is 1. The summed E-state index contributed by atoms with van der Waals surface area (Å²) in [7, 11) is 0. The van der Waals surface area contributed by atoms with Gasteiger partial charge in [0.2, 0.25) is 0 Å². The number of aromatic nitrogens is 2. The fourth-order valence-electron chi connectivity index (χ4n) is 3.53. The van der Waals surface area contributed by atoms with Crippen LogP contribution in [0.25, 0.3) is 10.9 Å². The van der Waals surface area contributed by atoms with Crippen molar-refractivity contribution in [1.29, 1.82) is 0 Å². The molecular weight excluding hydrogens is 308 g/mol. The van der Waals surface area contributed by atoms with Crippen LogP contribution >= 0.6 is 11.8 Å². The standard InChI is InChI=1S/C17H22N4OS/c1-2-4-15-14(3-1)16(20-13-19-15)18-11-17(5-10-23-12-17)21-6-8-22-9-7-21/h1-4,13H,5-12H2,(H,18,19,20)/t17-/m1/s1. The third kappa shape index (κ3) is 3.03. The lowest BCUT2D eigenvalue weighted by Crippen LogP contribution is -2.57. The van der Waals surface area contributed by atoms with E-state index >= 15 is 0 Å². The first kappa shape index (κ1) is 15.2. The summed E-state index contributed by atoms with van der Waals surface area (Å²) in [5.74, 6) is 3.37. The van der Waals surface area contributed by atoms with Crippen LogP contribution in [0.1, 0.15) is 6.42 Å². The molecule has 5 nitrogen and oxygen atoms in total.